The molecule has 0 bridgehead atoms. The first-order chi connectivity index (χ1) is 19.0. The summed E-state index contributed by atoms with van der Waals surface area (Å²) in [6.07, 6.45) is 9.52. The van der Waals surface area contributed by atoms with Crippen LogP contribution in [0.3, 0.4) is 0 Å². The molecular formula is C32H50O8S. The molecule has 5 aliphatic rings. The summed E-state index contributed by atoms with van der Waals surface area (Å²) in [7, 11) is -4.77. The van der Waals surface area contributed by atoms with Crippen molar-refractivity contribution >= 4 is 27.9 Å². The Hall–Kier alpha value is -1.32. The van der Waals surface area contributed by atoms with E-state index in [0.717, 1.165) is 51.4 Å². The monoisotopic (exact) mass is 594 g/mol. The van der Waals surface area contributed by atoms with Gasteiger partial charge in [-0.3, -0.25) is 18.9 Å². The number of hydrogen-bond donors (Lipinski definition) is 1. The fraction of sp³-hybridized carbons (Fsp3) is 0.906. The number of hydrogen-bond acceptors (Lipinski definition) is 7. The van der Waals surface area contributed by atoms with Crippen molar-refractivity contribution in [2.24, 2.45) is 56.7 Å². The van der Waals surface area contributed by atoms with Gasteiger partial charge in [0.2, 0.25) is 0 Å². The predicted molar refractivity (Wildman–Crippen MR) is 153 cm³/mol. The van der Waals surface area contributed by atoms with Gasteiger partial charge < -0.3 is 4.74 Å². The molecule has 0 aliphatic heterocycles. The molecule has 0 amide bonds. The molecule has 9 atom stereocenters. The first kappa shape index (κ1) is 31.1. The minimum Gasteiger partial charge on any atom is -0.465 e. The van der Waals surface area contributed by atoms with Gasteiger partial charge in [0.1, 0.15) is 18.2 Å². The van der Waals surface area contributed by atoms with Crippen LogP contribution in [-0.4, -0.2) is 43.7 Å². The van der Waals surface area contributed by atoms with E-state index in [1.54, 1.807) is 0 Å². The van der Waals surface area contributed by atoms with E-state index in [-0.39, 0.29) is 40.0 Å². The third-order valence-electron chi connectivity index (χ3n) is 13.4. The second-order valence-corrected chi connectivity index (χ2v) is 16.6. The quantitative estimate of drug-likeness (QED) is 0.242. The molecule has 0 aromatic heterocycles. The van der Waals surface area contributed by atoms with Crippen LogP contribution >= 0.6 is 0 Å². The van der Waals surface area contributed by atoms with Crippen molar-refractivity contribution in [3.8, 4) is 0 Å². The second-order valence-electron chi connectivity index (χ2n) is 15.5. The highest BCUT2D eigenvalue weighted by molar-refractivity contribution is 7.80. The fourth-order valence-electron chi connectivity index (χ4n) is 11.7. The minimum absolute atomic E-state index is 0.0794. The zero-order valence-electron chi connectivity index (χ0n) is 25.8. The summed E-state index contributed by atoms with van der Waals surface area (Å²) in [6.45, 7) is 12.0. The molecular weight excluding hydrogens is 544 g/mol. The topological polar surface area (TPSA) is 124 Å². The zero-order chi connectivity index (χ0) is 30.2. The van der Waals surface area contributed by atoms with E-state index >= 15 is 0 Å². The first-order valence-corrected chi connectivity index (χ1v) is 17.1. The smallest absolute Gasteiger partial charge is 0.397 e. The van der Waals surface area contributed by atoms with Crippen molar-refractivity contribution < 1.29 is 36.3 Å². The molecule has 0 aromatic rings. The molecule has 8 nitrogen and oxygen atoms in total. The largest absolute Gasteiger partial charge is 0.465 e. The lowest BCUT2D eigenvalue weighted by Gasteiger charge is -2.63. The third kappa shape index (κ3) is 4.66. The van der Waals surface area contributed by atoms with E-state index in [4.69, 9.17) is 8.92 Å². The van der Waals surface area contributed by atoms with Crippen molar-refractivity contribution in [3.63, 3.8) is 0 Å². The molecule has 41 heavy (non-hydrogen) atoms. The first-order valence-electron chi connectivity index (χ1n) is 15.8. The Labute approximate surface area is 246 Å². The lowest BCUT2D eigenvalue weighted by atomic mass is 9.41. The van der Waals surface area contributed by atoms with Crippen LogP contribution in [0.15, 0.2) is 0 Å². The maximum absolute atomic E-state index is 13.6. The Bertz CT molecular complexity index is 1210. The summed E-state index contributed by atoms with van der Waals surface area (Å²) >= 11 is 0. The third-order valence-corrected chi connectivity index (χ3v) is 13.8. The van der Waals surface area contributed by atoms with Gasteiger partial charge in [-0.1, -0.05) is 34.6 Å². The van der Waals surface area contributed by atoms with Crippen LogP contribution in [0.25, 0.3) is 0 Å². The van der Waals surface area contributed by atoms with Gasteiger partial charge in [0, 0.05) is 26.2 Å². The number of esters is 1. The molecule has 5 saturated carbocycles. The lowest BCUT2D eigenvalue weighted by Crippen LogP contribution is -2.60. The molecule has 5 aliphatic carbocycles. The summed E-state index contributed by atoms with van der Waals surface area (Å²) in [5.74, 6) is 1.30. The van der Waals surface area contributed by atoms with E-state index < -0.39 is 28.4 Å². The number of ether oxygens (including phenoxy) is 1. The predicted octanol–water partition coefficient (Wildman–Crippen LogP) is 5.98. The van der Waals surface area contributed by atoms with E-state index in [2.05, 4.69) is 34.6 Å². The summed E-state index contributed by atoms with van der Waals surface area (Å²) in [4.78, 5) is 38.3. The summed E-state index contributed by atoms with van der Waals surface area (Å²) in [5, 5.41) is 0. The second kappa shape index (κ2) is 10.1. The van der Waals surface area contributed by atoms with Gasteiger partial charge >= 0.3 is 16.4 Å². The van der Waals surface area contributed by atoms with Crippen molar-refractivity contribution in [1.82, 2.24) is 0 Å². The fourth-order valence-corrected chi connectivity index (χ4v) is 12.0. The highest BCUT2D eigenvalue weighted by Crippen LogP contribution is 2.88. The Kier molecular flexibility index (Phi) is 7.68. The summed E-state index contributed by atoms with van der Waals surface area (Å²) in [5.41, 5.74) is -1.04. The Morgan fingerprint density at radius 3 is 2.22 bits per heavy atom. The highest BCUT2D eigenvalue weighted by atomic mass is 32.3. The maximum atomic E-state index is 13.6. The maximum Gasteiger partial charge on any atom is 0.397 e. The molecule has 5 fully saturated rings. The molecule has 1 N–H and O–H groups in total. The van der Waals surface area contributed by atoms with E-state index in [1.807, 2.05) is 0 Å². The molecule has 0 aromatic carbocycles. The molecule has 0 unspecified atom stereocenters. The number of carbonyl (C=O) groups is 3. The number of fused-ring (bicyclic) bond motifs is 2. The van der Waals surface area contributed by atoms with E-state index in [9.17, 15) is 27.4 Å². The Balaban J connectivity index is 1.44. The standard InChI is InChI=1S/C32H50O8S/c1-20(2)15-23(34)16-21(3)24-9-11-29(6)25-7-8-26-30(18-39-22(4)33,19-40-41(36,37)38)27(35)10-12-31(26)17-32(25,31)14-13-28(24,29)5/h20-21,24-26H,7-19H2,1-6H3,(H,36,37,38)/t21-,24-,25-,26+,28-,29+,30+,31-,32+/m1/s1. The number of rotatable bonds is 10. The molecule has 2 spiro atoms. The van der Waals surface area contributed by atoms with E-state index in [1.165, 1.54) is 6.92 Å². The molecule has 5 rings (SSSR count). The van der Waals surface area contributed by atoms with Crippen LogP contribution in [0, 0.1) is 56.7 Å². The molecule has 0 saturated heterocycles. The summed E-state index contributed by atoms with van der Waals surface area (Å²) < 4.78 is 43.0. The van der Waals surface area contributed by atoms with Crippen molar-refractivity contribution in [2.75, 3.05) is 13.2 Å². The normalized spacial score (nSPS) is 43.9. The van der Waals surface area contributed by atoms with Crippen LogP contribution in [0.4, 0.5) is 0 Å². The average molecular weight is 595 g/mol. The molecule has 0 heterocycles. The van der Waals surface area contributed by atoms with Gasteiger partial charge in [0.15, 0.2) is 0 Å². The van der Waals surface area contributed by atoms with Crippen LogP contribution in [0.2, 0.25) is 0 Å². The molecule has 232 valence electrons. The summed E-state index contributed by atoms with van der Waals surface area (Å²) in [6, 6.07) is 0. The number of carbonyl (C=O) groups excluding carboxylic acids is 3. The van der Waals surface area contributed by atoms with Gasteiger partial charge in [0.05, 0.1) is 12.0 Å². The van der Waals surface area contributed by atoms with Crippen molar-refractivity contribution in [3.05, 3.63) is 0 Å². The highest BCUT2D eigenvalue weighted by Gasteiger charge is 2.83. The van der Waals surface area contributed by atoms with Crippen LogP contribution < -0.4 is 0 Å². The van der Waals surface area contributed by atoms with Crippen LogP contribution in [0.5, 0.6) is 0 Å². The van der Waals surface area contributed by atoms with Crippen molar-refractivity contribution in [2.45, 2.75) is 112 Å². The Morgan fingerprint density at radius 2 is 1.59 bits per heavy atom. The van der Waals surface area contributed by atoms with Gasteiger partial charge in [-0.2, -0.15) is 8.42 Å². The lowest BCUT2D eigenvalue weighted by molar-refractivity contribution is -0.176. The van der Waals surface area contributed by atoms with Crippen LogP contribution in [0.1, 0.15) is 112 Å². The van der Waals surface area contributed by atoms with Crippen LogP contribution in [-0.2, 0) is 33.7 Å². The number of ketones is 2. The average Bonchev–Trinajstić information content (AvgIpc) is 3.44. The molecule has 9 heteroatoms. The Morgan fingerprint density at radius 1 is 0.927 bits per heavy atom. The van der Waals surface area contributed by atoms with Crippen molar-refractivity contribution in [1.29, 1.82) is 0 Å². The van der Waals surface area contributed by atoms with Gasteiger partial charge in [-0.15, -0.1) is 0 Å². The minimum atomic E-state index is -4.77. The van der Waals surface area contributed by atoms with E-state index in [0.29, 0.717) is 48.7 Å². The zero-order valence-corrected chi connectivity index (χ0v) is 26.6. The van der Waals surface area contributed by atoms with Gasteiger partial charge in [-0.05, 0) is 103 Å². The van der Waals surface area contributed by atoms with Gasteiger partial charge in [0.25, 0.3) is 0 Å². The number of Topliss-reactive ketones (excluding diaryl/α,β-unsaturated/α-hetero) is 2. The SMILES string of the molecule is CC(=O)OC[C@@]1(COS(=O)(=O)O)C(=O)CC[C@]23C[C@]24CC[C@]2(C)[C@@H]([C@H](C)CC(=O)CC(C)C)CC[C@@]2(C)[C@H]4CC[C@@H]13. The molecule has 0 radical (unpaired) electrons. The van der Waals surface area contributed by atoms with Gasteiger partial charge in [-0.25, -0.2) is 4.18 Å².